The van der Waals surface area contributed by atoms with Gasteiger partial charge in [-0.15, -0.1) is 0 Å². The molecule has 0 spiro atoms. The molecule has 0 bridgehead atoms. The molecule has 0 atom stereocenters. The maximum Gasteiger partial charge on any atom is 0.306 e. The van der Waals surface area contributed by atoms with E-state index in [-0.39, 0.29) is 9.08 Å². The van der Waals surface area contributed by atoms with Crippen molar-refractivity contribution in [2.24, 2.45) is 0 Å². The minimum Gasteiger partial charge on any atom is -0.315 e. The number of sulfonamides is 1. The zero-order chi connectivity index (χ0) is 15.5. The number of aromatic amines is 1. The molecule has 7 heteroatoms. The van der Waals surface area contributed by atoms with E-state index in [1.54, 1.807) is 31.2 Å². The number of thiazole rings is 1. The van der Waals surface area contributed by atoms with E-state index in [0.29, 0.717) is 17.9 Å². The predicted octanol–water partition coefficient (Wildman–Crippen LogP) is 2.74. The molecule has 0 aliphatic rings. The van der Waals surface area contributed by atoms with Crippen LogP contribution in [0.1, 0.15) is 25.5 Å². The van der Waals surface area contributed by atoms with Gasteiger partial charge in [-0.05, 0) is 25.5 Å². The second-order valence-electron chi connectivity index (χ2n) is 4.69. The van der Waals surface area contributed by atoms with Crippen molar-refractivity contribution in [2.45, 2.75) is 30.9 Å². The SMILES string of the molecule is CCCCN(c1ccccc1)S(=O)(=O)c1sc(=O)[nH]c1C. The molecule has 0 amide bonds. The summed E-state index contributed by atoms with van der Waals surface area (Å²) < 4.78 is 27.2. The van der Waals surface area contributed by atoms with Crippen LogP contribution >= 0.6 is 11.3 Å². The number of H-pyrrole nitrogens is 1. The quantitative estimate of drug-likeness (QED) is 0.887. The van der Waals surface area contributed by atoms with E-state index in [1.807, 2.05) is 13.0 Å². The first-order valence-electron chi connectivity index (χ1n) is 6.74. The second kappa shape index (κ2) is 6.44. The number of hydrogen-bond donors (Lipinski definition) is 1. The van der Waals surface area contributed by atoms with Gasteiger partial charge in [0.2, 0.25) is 0 Å². The third-order valence-electron chi connectivity index (χ3n) is 3.06. The Balaban J connectivity index is 2.49. The van der Waals surface area contributed by atoms with Gasteiger partial charge in [0.05, 0.1) is 5.69 Å². The smallest absolute Gasteiger partial charge is 0.306 e. The topological polar surface area (TPSA) is 70.2 Å². The third kappa shape index (κ3) is 3.36. The van der Waals surface area contributed by atoms with E-state index in [2.05, 4.69) is 4.98 Å². The number of nitrogens with zero attached hydrogens (tertiary/aromatic N) is 1. The van der Waals surface area contributed by atoms with Gasteiger partial charge >= 0.3 is 4.87 Å². The van der Waals surface area contributed by atoms with Gasteiger partial charge in [0.1, 0.15) is 0 Å². The molecule has 0 aliphatic heterocycles. The number of para-hydroxylation sites is 1. The molecular weight excluding hydrogens is 308 g/mol. The van der Waals surface area contributed by atoms with E-state index < -0.39 is 10.0 Å². The van der Waals surface area contributed by atoms with Crippen LogP contribution < -0.4 is 9.18 Å². The molecule has 0 saturated carbocycles. The van der Waals surface area contributed by atoms with Crippen LogP contribution in [0.2, 0.25) is 0 Å². The van der Waals surface area contributed by atoms with Crippen LogP contribution in [0, 0.1) is 6.92 Å². The summed E-state index contributed by atoms with van der Waals surface area (Å²) in [5.41, 5.74) is 1.01. The van der Waals surface area contributed by atoms with Crippen LogP contribution in [0.5, 0.6) is 0 Å². The number of unbranched alkanes of at least 4 members (excludes halogenated alkanes) is 1. The Hall–Kier alpha value is -1.60. The highest BCUT2D eigenvalue weighted by atomic mass is 32.2. The van der Waals surface area contributed by atoms with Crippen molar-refractivity contribution in [1.82, 2.24) is 4.98 Å². The fourth-order valence-corrected chi connectivity index (χ4v) is 4.92. The molecule has 0 aliphatic carbocycles. The van der Waals surface area contributed by atoms with Gasteiger partial charge < -0.3 is 4.98 Å². The molecule has 1 aromatic heterocycles. The summed E-state index contributed by atoms with van der Waals surface area (Å²) in [7, 11) is -3.72. The summed E-state index contributed by atoms with van der Waals surface area (Å²) in [6, 6.07) is 8.97. The third-order valence-corrected chi connectivity index (χ3v) is 6.47. The van der Waals surface area contributed by atoms with Crippen LogP contribution in [0.4, 0.5) is 5.69 Å². The predicted molar refractivity (Wildman–Crippen MR) is 85.6 cm³/mol. The van der Waals surface area contributed by atoms with Crippen LogP contribution in [-0.2, 0) is 10.0 Å². The summed E-state index contributed by atoms with van der Waals surface area (Å²) >= 11 is 0.737. The van der Waals surface area contributed by atoms with Crippen molar-refractivity contribution in [3.63, 3.8) is 0 Å². The summed E-state index contributed by atoms with van der Waals surface area (Å²) in [6.07, 6.45) is 1.65. The molecule has 0 fully saturated rings. The van der Waals surface area contributed by atoms with E-state index in [0.717, 1.165) is 24.2 Å². The Labute approximate surface area is 128 Å². The molecule has 0 radical (unpaired) electrons. The zero-order valence-electron chi connectivity index (χ0n) is 12.0. The monoisotopic (exact) mass is 326 g/mol. The molecule has 21 heavy (non-hydrogen) atoms. The number of hydrogen-bond acceptors (Lipinski definition) is 4. The normalized spacial score (nSPS) is 11.5. The summed E-state index contributed by atoms with van der Waals surface area (Å²) in [5.74, 6) is 0. The van der Waals surface area contributed by atoms with Gasteiger partial charge in [-0.3, -0.25) is 9.10 Å². The lowest BCUT2D eigenvalue weighted by atomic mass is 10.3. The maximum absolute atomic E-state index is 12.9. The number of aromatic nitrogens is 1. The van der Waals surface area contributed by atoms with E-state index in [9.17, 15) is 13.2 Å². The summed E-state index contributed by atoms with van der Waals surface area (Å²) in [6.45, 7) is 4.01. The fraction of sp³-hybridized carbons (Fsp3) is 0.357. The Kier molecular flexibility index (Phi) is 4.84. The Morgan fingerprint density at radius 2 is 1.90 bits per heavy atom. The molecule has 114 valence electrons. The Morgan fingerprint density at radius 3 is 2.43 bits per heavy atom. The van der Waals surface area contributed by atoms with E-state index >= 15 is 0 Å². The number of nitrogens with one attached hydrogen (secondary N) is 1. The average molecular weight is 326 g/mol. The largest absolute Gasteiger partial charge is 0.315 e. The van der Waals surface area contributed by atoms with Crippen molar-refractivity contribution in [3.05, 3.63) is 45.7 Å². The Morgan fingerprint density at radius 1 is 1.24 bits per heavy atom. The van der Waals surface area contributed by atoms with Crippen LogP contribution in [0.25, 0.3) is 0 Å². The average Bonchev–Trinajstić information content (AvgIpc) is 2.80. The maximum atomic E-state index is 12.9. The number of benzene rings is 1. The number of anilines is 1. The van der Waals surface area contributed by atoms with Crippen molar-refractivity contribution in [1.29, 1.82) is 0 Å². The zero-order valence-corrected chi connectivity index (χ0v) is 13.6. The van der Waals surface area contributed by atoms with Gasteiger partial charge in [0.15, 0.2) is 4.21 Å². The first-order chi connectivity index (χ1) is 9.96. The minimum absolute atomic E-state index is 0.0902. The minimum atomic E-state index is -3.72. The molecule has 5 nitrogen and oxygen atoms in total. The lowest BCUT2D eigenvalue weighted by molar-refractivity contribution is 0.590. The molecular formula is C14H18N2O3S2. The second-order valence-corrected chi connectivity index (χ2v) is 7.73. The highest BCUT2D eigenvalue weighted by molar-refractivity contribution is 7.94. The van der Waals surface area contributed by atoms with E-state index in [1.165, 1.54) is 4.31 Å². The molecule has 1 aromatic carbocycles. The molecule has 2 aromatic rings. The number of aryl methyl sites for hydroxylation is 1. The summed E-state index contributed by atoms with van der Waals surface area (Å²) in [5, 5.41) is 0. The summed E-state index contributed by atoms with van der Waals surface area (Å²) in [4.78, 5) is 13.6. The molecule has 0 saturated heterocycles. The van der Waals surface area contributed by atoms with E-state index in [4.69, 9.17) is 0 Å². The number of rotatable bonds is 6. The molecule has 2 rings (SSSR count). The first-order valence-corrected chi connectivity index (χ1v) is 9.00. The first kappa shape index (κ1) is 15.8. The van der Waals surface area contributed by atoms with Gasteiger partial charge in [0.25, 0.3) is 10.0 Å². The lowest BCUT2D eigenvalue weighted by Gasteiger charge is -2.23. The standard InChI is InChI=1S/C14H18N2O3S2/c1-3-4-10-16(12-8-6-5-7-9-12)21(18,19)13-11(2)15-14(17)20-13/h5-9H,3-4,10H2,1-2H3,(H,15,17). The van der Waals surface area contributed by atoms with Crippen LogP contribution in [0.3, 0.4) is 0 Å². The van der Waals surface area contributed by atoms with Gasteiger partial charge in [-0.1, -0.05) is 42.9 Å². The Bertz CT molecular complexity index is 748. The molecule has 0 unspecified atom stereocenters. The van der Waals surface area contributed by atoms with Crippen molar-refractivity contribution in [3.8, 4) is 0 Å². The highest BCUT2D eigenvalue weighted by Crippen LogP contribution is 2.26. The highest BCUT2D eigenvalue weighted by Gasteiger charge is 2.28. The van der Waals surface area contributed by atoms with Gasteiger partial charge in [0, 0.05) is 12.2 Å². The molecule has 1 heterocycles. The van der Waals surface area contributed by atoms with Gasteiger partial charge in [-0.2, -0.15) is 0 Å². The van der Waals surface area contributed by atoms with Crippen molar-refractivity contribution in [2.75, 3.05) is 10.8 Å². The van der Waals surface area contributed by atoms with Crippen LogP contribution in [-0.4, -0.2) is 19.9 Å². The van der Waals surface area contributed by atoms with Crippen LogP contribution in [0.15, 0.2) is 39.3 Å². The van der Waals surface area contributed by atoms with Gasteiger partial charge in [-0.25, -0.2) is 8.42 Å². The van der Waals surface area contributed by atoms with Crippen molar-refractivity contribution < 1.29 is 8.42 Å². The molecule has 1 N–H and O–H groups in total. The lowest BCUT2D eigenvalue weighted by Crippen LogP contribution is -2.31. The fourth-order valence-electron chi connectivity index (χ4n) is 2.02. The van der Waals surface area contributed by atoms with Crippen molar-refractivity contribution >= 4 is 27.0 Å².